The molecule has 1 aliphatic carbocycles. The van der Waals surface area contributed by atoms with E-state index in [-0.39, 0.29) is 12.6 Å². The molecule has 0 atom stereocenters. The molecule has 2 rings (SSSR count). The van der Waals surface area contributed by atoms with Crippen LogP contribution in [0.25, 0.3) is 0 Å². The number of aliphatic carboxylic acids is 1. The van der Waals surface area contributed by atoms with Crippen molar-refractivity contribution in [1.29, 1.82) is 0 Å². The highest BCUT2D eigenvalue weighted by Crippen LogP contribution is 2.37. The third-order valence-electron chi connectivity index (χ3n) is 3.71. The highest BCUT2D eigenvalue weighted by Gasteiger charge is 2.41. The van der Waals surface area contributed by atoms with E-state index in [2.05, 4.69) is 15.6 Å². The zero-order valence-corrected chi connectivity index (χ0v) is 12.0. The maximum atomic E-state index is 11.7. The van der Waals surface area contributed by atoms with Gasteiger partial charge in [-0.3, -0.25) is 4.79 Å². The number of hydrogen-bond donors (Lipinski definition) is 3. The second-order valence-corrected chi connectivity index (χ2v) is 6.06. The summed E-state index contributed by atoms with van der Waals surface area (Å²) < 4.78 is 0. The predicted molar refractivity (Wildman–Crippen MR) is 75.8 cm³/mol. The van der Waals surface area contributed by atoms with Gasteiger partial charge in [-0.25, -0.2) is 9.78 Å². The number of carbonyl (C=O) groups is 2. The number of rotatable bonds is 6. The van der Waals surface area contributed by atoms with E-state index in [1.165, 1.54) is 0 Å². The Balaban J connectivity index is 1.70. The Morgan fingerprint density at radius 3 is 2.70 bits per heavy atom. The van der Waals surface area contributed by atoms with Gasteiger partial charge in [-0.15, -0.1) is 11.3 Å². The van der Waals surface area contributed by atoms with Gasteiger partial charge in [-0.1, -0.05) is 12.8 Å². The van der Waals surface area contributed by atoms with Crippen LogP contribution < -0.4 is 10.6 Å². The van der Waals surface area contributed by atoms with Gasteiger partial charge in [0.15, 0.2) is 0 Å². The van der Waals surface area contributed by atoms with Gasteiger partial charge in [0, 0.05) is 31.1 Å². The minimum absolute atomic E-state index is 0.200. The summed E-state index contributed by atoms with van der Waals surface area (Å²) in [5.74, 6) is -0.807. The summed E-state index contributed by atoms with van der Waals surface area (Å²) in [4.78, 5) is 27.1. The maximum absolute atomic E-state index is 11.7. The first-order valence-electron chi connectivity index (χ1n) is 6.76. The second kappa shape index (κ2) is 6.69. The van der Waals surface area contributed by atoms with Gasteiger partial charge in [-0.05, 0) is 12.8 Å². The van der Waals surface area contributed by atoms with Crippen LogP contribution >= 0.6 is 11.3 Å². The summed E-state index contributed by atoms with van der Waals surface area (Å²) in [6, 6.07) is -0.311. The molecule has 1 heterocycles. The Kier molecular flexibility index (Phi) is 4.94. The molecule has 0 bridgehead atoms. The Hall–Kier alpha value is -1.63. The minimum atomic E-state index is -0.807. The molecule has 20 heavy (non-hydrogen) atoms. The zero-order chi connectivity index (χ0) is 14.4. The summed E-state index contributed by atoms with van der Waals surface area (Å²) >= 11 is 1.55. The summed E-state index contributed by atoms with van der Waals surface area (Å²) in [7, 11) is 0. The van der Waals surface area contributed by atoms with E-state index in [1.54, 1.807) is 17.5 Å². The van der Waals surface area contributed by atoms with E-state index < -0.39 is 11.4 Å². The number of thiazole rings is 1. The van der Waals surface area contributed by atoms with Crippen LogP contribution in [0.1, 0.15) is 30.7 Å². The van der Waals surface area contributed by atoms with E-state index in [1.807, 2.05) is 5.38 Å². The fourth-order valence-corrected chi connectivity index (χ4v) is 3.11. The van der Waals surface area contributed by atoms with Gasteiger partial charge in [0.1, 0.15) is 0 Å². The topological polar surface area (TPSA) is 91.3 Å². The number of carboxylic acids is 1. The van der Waals surface area contributed by atoms with Crippen LogP contribution in [0.3, 0.4) is 0 Å². The lowest BCUT2D eigenvalue weighted by Gasteiger charge is -2.23. The molecule has 7 heteroatoms. The molecule has 0 radical (unpaired) electrons. The van der Waals surface area contributed by atoms with Crippen molar-refractivity contribution >= 4 is 23.3 Å². The number of carbonyl (C=O) groups excluding carboxylic acids is 1. The first-order valence-corrected chi connectivity index (χ1v) is 7.64. The lowest BCUT2D eigenvalue weighted by atomic mass is 9.86. The molecule has 1 fully saturated rings. The van der Waals surface area contributed by atoms with E-state index in [4.69, 9.17) is 0 Å². The molecule has 0 saturated heterocycles. The van der Waals surface area contributed by atoms with E-state index in [0.29, 0.717) is 25.8 Å². The first-order chi connectivity index (χ1) is 9.62. The standard InChI is InChI=1S/C13H19N3O3S/c17-11(18)13(4-1-2-5-13)9-16-12(19)15-6-3-10-14-7-8-20-10/h7-8H,1-6,9H2,(H,17,18)(H2,15,16,19). The normalized spacial score (nSPS) is 16.8. The van der Waals surface area contributed by atoms with Crippen molar-refractivity contribution in [3.05, 3.63) is 16.6 Å². The van der Waals surface area contributed by atoms with Gasteiger partial charge < -0.3 is 15.7 Å². The fourth-order valence-electron chi connectivity index (χ4n) is 2.49. The van der Waals surface area contributed by atoms with Gasteiger partial charge in [0.05, 0.1) is 10.4 Å². The van der Waals surface area contributed by atoms with Gasteiger partial charge in [0.2, 0.25) is 0 Å². The predicted octanol–water partition coefficient (Wildman–Crippen LogP) is 1.63. The van der Waals surface area contributed by atoms with Gasteiger partial charge in [0.25, 0.3) is 0 Å². The Morgan fingerprint density at radius 2 is 2.10 bits per heavy atom. The number of urea groups is 1. The molecule has 0 aromatic carbocycles. The van der Waals surface area contributed by atoms with Crippen molar-refractivity contribution in [2.45, 2.75) is 32.1 Å². The number of amides is 2. The highest BCUT2D eigenvalue weighted by atomic mass is 32.1. The smallest absolute Gasteiger partial charge is 0.314 e. The molecule has 1 aromatic heterocycles. The van der Waals surface area contributed by atoms with Crippen LogP contribution in [-0.2, 0) is 11.2 Å². The average Bonchev–Trinajstić information content (AvgIpc) is 3.08. The van der Waals surface area contributed by atoms with Crippen molar-refractivity contribution in [1.82, 2.24) is 15.6 Å². The largest absolute Gasteiger partial charge is 0.481 e. The Labute approximate surface area is 121 Å². The average molecular weight is 297 g/mol. The number of hydrogen-bond acceptors (Lipinski definition) is 4. The summed E-state index contributed by atoms with van der Waals surface area (Å²) in [6.45, 7) is 0.699. The first kappa shape index (κ1) is 14.8. The quantitative estimate of drug-likeness (QED) is 0.744. The molecule has 6 nitrogen and oxygen atoms in total. The van der Waals surface area contributed by atoms with E-state index >= 15 is 0 Å². The molecule has 1 aromatic rings. The maximum Gasteiger partial charge on any atom is 0.314 e. The van der Waals surface area contributed by atoms with Crippen molar-refractivity contribution < 1.29 is 14.7 Å². The van der Waals surface area contributed by atoms with E-state index in [9.17, 15) is 14.7 Å². The molecule has 1 saturated carbocycles. The second-order valence-electron chi connectivity index (χ2n) is 5.08. The minimum Gasteiger partial charge on any atom is -0.481 e. The Morgan fingerprint density at radius 1 is 1.35 bits per heavy atom. The lowest BCUT2D eigenvalue weighted by Crippen LogP contribution is -2.45. The monoisotopic (exact) mass is 297 g/mol. The SMILES string of the molecule is O=C(NCCc1nccs1)NCC1(C(=O)O)CCCC1. The third kappa shape index (κ3) is 3.69. The molecule has 3 N–H and O–H groups in total. The molecule has 1 aliphatic rings. The van der Waals surface area contributed by atoms with Crippen LogP contribution in [0, 0.1) is 5.41 Å². The van der Waals surface area contributed by atoms with Crippen LogP contribution in [-0.4, -0.2) is 35.2 Å². The van der Waals surface area contributed by atoms with Crippen LogP contribution in [0.2, 0.25) is 0 Å². The number of nitrogens with zero attached hydrogens (tertiary/aromatic N) is 1. The highest BCUT2D eigenvalue weighted by molar-refractivity contribution is 7.09. The molecular formula is C13H19N3O3S. The molecule has 110 valence electrons. The number of aromatic nitrogens is 1. The summed E-state index contributed by atoms with van der Waals surface area (Å²) in [6.07, 6.45) is 5.54. The van der Waals surface area contributed by atoms with Crippen molar-refractivity contribution in [2.75, 3.05) is 13.1 Å². The number of carboxylic acid groups (broad SMARTS) is 1. The zero-order valence-electron chi connectivity index (χ0n) is 11.2. The summed E-state index contributed by atoms with van der Waals surface area (Å²) in [5, 5.41) is 17.6. The van der Waals surface area contributed by atoms with Gasteiger partial charge >= 0.3 is 12.0 Å². The molecule has 0 spiro atoms. The third-order valence-corrected chi connectivity index (χ3v) is 4.55. The summed E-state index contributed by atoms with van der Waals surface area (Å²) in [5.41, 5.74) is -0.771. The van der Waals surface area contributed by atoms with Crippen molar-refractivity contribution in [3.63, 3.8) is 0 Å². The van der Waals surface area contributed by atoms with Crippen molar-refractivity contribution in [2.24, 2.45) is 5.41 Å². The molecule has 0 aliphatic heterocycles. The number of nitrogens with one attached hydrogen (secondary N) is 2. The van der Waals surface area contributed by atoms with Crippen LogP contribution in [0.5, 0.6) is 0 Å². The van der Waals surface area contributed by atoms with Crippen molar-refractivity contribution in [3.8, 4) is 0 Å². The van der Waals surface area contributed by atoms with Crippen LogP contribution in [0.4, 0.5) is 4.79 Å². The van der Waals surface area contributed by atoms with Crippen LogP contribution in [0.15, 0.2) is 11.6 Å². The molecular weight excluding hydrogens is 278 g/mol. The molecule has 2 amide bonds. The van der Waals surface area contributed by atoms with E-state index in [0.717, 1.165) is 17.8 Å². The van der Waals surface area contributed by atoms with Gasteiger partial charge in [-0.2, -0.15) is 0 Å². The fraction of sp³-hybridized carbons (Fsp3) is 0.615. The Bertz CT molecular complexity index is 455. The molecule has 0 unspecified atom stereocenters. The lowest BCUT2D eigenvalue weighted by molar-refractivity contribution is -0.148.